The number of hydrogen-bond acceptors (Lipinski definition) is 6. The summed E-state index contributed by atoms with van der Waals surface area (Å²) in [5, 5.41) is 0. The van der Waals surface area contributed by atoms with Crippen LogP contribution in [-0.4, -0.2) is 31.7 Å². The maximum atomic E-state index is 11.3. The Hall–Kier alpha value is -1.08. The second kappa shape index (κ2) is 7.29. The van der Waals surface area contributed by atoms with Crippen molar-refractivity contribution in [2.45, 2.75) is 39.8 Å². The first-order valence-electron chi connectivity index (χ1n) is 5.51. The Morgan fingerprint density at radius 3 is 1.41 bits per heavy atom. The molecule has 0 spiro atoms. The van der Waals surface area contributed by atoms with Gasteiger partial charge in [-0.15, -0.1) is 0 Å². The predicted octanol–water partition coefficient (Wildman–Crippen LogP) is -0.426. The van der Waals surface area contributed by atoms with Gasteiger partial charge < -0.3 is 20.8 Å². The highest BCUT2D eigenvalue weighted by Gasteiger charge is 2.23. The zero-order valence-electron chi connectivity index (χ0n) is 10.7. The summed E-state index contributed by atoms with van der Waals surface area (Å²) in [6.07, 6.45) is 0. The number of rotatable bonds is 6. The molecule has 0 saturated carbocycles. The van der Waals surface area contributed by atoms with E-state index in [1.807, 2.05) is 0 Å². The molecule has 0 aromatic heterocycles. The van der Waals surface area contributed by atoms with E-state index in [2.05, 4.69) is 9.31 Å². The van der Waals surface area contributed by atoms with Gasteiger partial charge in [-0.3, -0.25) is 9.59 Å². The molecule has 0 rings (SSSR count). The van der Waals surface area contributed by atoms with Gasteiger partial charge in [0.2, 0.25) is 0 Å². The molecule has 6 nitrogen and oxygen atoms in total. The molecule has 0 aromatic rings. The maximum Gasteiger partial charge on any atom is 0.662 e. The van der Waals surface area contributed by atoms with Gasteiger partial charge in [0.1, 0.15) is 12.1 Å². The van der Waals surface area contributed by atoms with Crippen molar-refractivity contribution in [2.75, 3.05) is 0 Å². The molecule has 0 amide bonds. The Morgan fingerprint density at radius 2 is 1.18 bits per heavy atom. The van der Waals surface area contributed by atoms with E-state index >= 15 is 0 Å². The molecule has 1 radical (unpaired) electrons. The van der Waals surface area contributed by atoms with E-state index in [0.717, 1.165) is 0 Å². The quantitative estimate of drug-likeness (QED) is 0.613. The molecule has 0 saturated heterocycles. The van der Waals surface area contributed by atoms with Crippen molar-refractivity contribution in [1.29, 1.82) is 0 Å². The van der Waals surface area contributed by atoms with Crippen LogP contribution in [0, 0.1) is 11.8 Å². The van der Waals surface area contributed by atoms with Gasteiger partial charge in [-0.05, 0) is 11.8 Å². The fourth-order valence-corrected chi connectivity index (χ4v) is 0.820. The molecule has 0 fully saturated rings. The van der Waals surface area contributed by atoms with Crippen molar-refractivity contribution in [3.63, 3.8) is 0 Å². The second-order valence-electron chi connectivity index (χ2n) is 4.51. The lowest BCUT2D eigenvalue weighted by Gasteiger charge is -2.16. The van der Waals surface area contributed by atoms with E-state index in [-0.39, 0.29) is 11.8 Å². The van der Waals surface area contributed by atoms with Crippen LogP contribution in [0.15, 0.2) is 0 Å². The molecule has 0 aliphatic rings. The minimum absolute atomic E-state index is 0.0514. The summed E-state index contributed by atoms with van der Waals surface area (Å²) in [7, 11) is 0.676. The van der Waals surface area contributed by atoms with Crippen LogP contribution in [0.4, 0.5) is 0 Å². The van der Waals surface area contributed by atoms with Crippen molar-refractivity contribution in [2.24, 2.45) is 23.3 Å². The summed E-state index contributed by atoms with van der Waals surface area (Å²) >= 11 is 0. The minimum Gasteiger partial charge on any atom is -0.498 e. The van der Waals surface area contributed by atoms with Crippen LogP contribution in [0.2, 0.25) is 0 Å². The summed E-state index contributed by atoms with van der Waals surface area (Å²) in [5.41, 5.74) is 11.1. The van der Waals surface area contributed by atoms with Crippen LogP contribution in [0.25, 0.3) is 0 Å². The Labute approximate surface area is 102 Å². The summed E-state index contributed by atoms with van der Waals surface area (Å²) in [5.74, 6) is -1.40. The van der Waals surface area contributed by atoms with Crippen molar-refractivity contribution < 1.29 is 18.9 Å². The maximum absolute atomic E-state index is 11.3. The van der Waals surface area contributed by atoms with Crippen LogP contribution >= 0.6 is 0 Å². The molecule has 0 aliphatic heterocycles. The fraction of sp³-hybridized carbons (Fsp3) is 0.800. The van der Waals surface area contributed by atoms with Crippen molar-refractivity contribution in [3.05, 3.63) is 0 Å². The number of hydrogen-bond donors (Lipinski definition) is 2. The normalized spacial score (nSPS) is 14.4. The fourth-order valence-electron chi connectivity index (χ4n) is 0.820. The summed E-state index contributed by atoms with van der Waals surface area (Å²) in [6.45, 7) is 7.14. The highest BCUT2D eigenvalue weighted by atomic mass is 16.6. The Bertz CT molecular complexity index is 245. The van der Waals surface area contributed by atoms with E-state index < -0.39 is 24.0 Å². The standard InChI is InChI=1S/C10H20BN2O4/c1-5(2)7(12)9(14)16-11-17-10(15)8(13)6(3)4/h5-8H,12-13H2,1-4H3/t7-,8-/m0/s1. The zero-order chi connectivity index (χ0) is 13.6. The lowest BCUT2D eigenvalue weighted by Crippen LogP contribution is -2.40. The van der Waals surface area contributed by atoms with Crippen LogP contribution in [0.3, 0.4) is 0 Å². The Balaban J connectivity index is 3.92. The number of nitrogens with two attached hydrogens (primary N) is 2. The van der Waals surface area contributed by atoms with E-state index in [1.54, 1.807) is 27.7 Å². The molecule has 0 aliphatic carbocycles. The predicted molar refractivity (Wildman–Crippen MR) is 63.6 cm³/mol. The molecule has 0 heterocycles. The molecule has 4 N–H and O–H groups in total. The molecule has 97 valence electrons. The van der Waals surface area contributed by atoms with Crippen LogP contribution in [0.1, 0.15) is 27.7 Å². The smallest absolute Gasteiger partial charge is 0.498 e. The summed E-state index contributed by atoms with van der Waals surface area (Å²) in [6, 6.07) is -1.49. The number of carbonyl (C=O) groups is 2. The average molecular weight is 243 g/mol. The Morgan fingerprint density at radius 1 is 0.882 bits per heavy atom. The van der Waals surface area contributed by atoms with Gasteiger partial charge in [0, 0.05) is 0 Å². The average Bonchev–Trinajstić information content (AvgIpc) is 2.26. The lowest BCUT2D eigenvalue weighted by molar-refractivity contribution is -0.141. The van der Waals surface area contributed by atoms with Gasteiger partial charge in [-0.2, -0.15) is 0 Å². The molecule has 0 bridgehead atoms. The largest absolute Gasteiger partial charge is 0.662 e. The highest BCUT2D eigenvalue weighted by molar-refractivity contribution is 6.26. The van der Waals surface area contributed by atoms with Crippen molar-refractivity contribution >= 4 is 19.6 Å². The second-order valence-corrected chi connectivity index (χ2v) is 4.51. The minimum atomic E-state index is -0.747. The number of carbonyl (C=O) groups excluding carboxylic acids is 2. The third kappa shape index (κ3) is 5.69. The Kier molecular flexibility index (Phi) is 6.83. The van der Waals surface area contributed by atoms with E-state index in [9.17, 15) is 9.59 Å². The van der Waals surface area contributed by atoms with Gasteiger partial charge in [-0.25, -0.2) is 0 Å². The first kappa shape index (κ1) is 15.9. The topological polar surface area (TPSA) is 105 Å². The first-order chi connectivity index (χ1) is 7.77. The van der Waals surface area contributed by atoms with Crippen LogP contribution < -0.4 is 11.5 Å². The summed E-state index contributed by atoms with van der Waals surface area (Å²) < 4.78 is 9.16. The molecule has 0 unspecified atom stereocenters. The first-order valence-corrected chi connectivity index (χ1v) is 5.51. The third-order valence-corrected chi connectivity index (χ3v) is 2.31. The SMILES string of the molecule is CC(C)[C@H](N)C(=O)O[B]OC(=O)[C@@H](N)C(C)C. The van der Waals surface area contributed by atoms with Gasteiger partial charge >= 0.3 is 19.6 Å². The molecular weight excluding hydrogens is 223 g/mol. The van der Waals surface area contributed by atoms with E-state index in [1.165, 1.54) is 0 Å². The lowest BCUT2D eigenvalue weighted by atomic mass is 10.1. The molecule has 7 heteroatoms. The van der Waals surface area contributed by atoms with Gasteiger partial charge in [0.15, 0.2) is 0 Å². The van der Waals surface area contributed by atoms with Crippen molar-refractivity contribution in [1.82, 2.24) is 0 Å². The van der Waals surface area contributed by atoms with E-state index in [4.69, 9.17) is 11.5 Å². The van der Waals surface area contributed by atoms with Crippen molar-refractivity contribution in [3.8, 4) is 0 Å². The zero-order valence-corrected chi connectivity index (χ0v) is 10.7. The van der Waals surface area contributed by atoms with Gasteiger partial charge in [-0.1, -0.05) is 27.7 Å². The molecule has 2 atom stereocenters. The summed E-state index contributed by atoms with van der Waals surface area (Å²) in [4.78, 5) is 22.5. The van der Waals surface area contributed by atoms with Gasteiger partial charge in [0.25, 0.3) is 0 Å². The molecule has 0 aromatic carbocycles. The third-order valence-electron chi connectivity index (χ3n) is 2.31. The van der Waals surface area contributed by atoms with E-state index in [0.29, 0.717) is 7.69 Å². The van der Waals surface area contributed by atoms with Crippen LogP contribution in [-0.2, 0) is 18.9 Å². The molecule has 17 heavy (non-hydrogen) atoms. The van der Waals surface area contributed by atoms with Gasteiger partial charge in [0.05, 0.1) is 0 Å². The molecular formula is C10H20BN2O4. The van der Waals surface area contributed by atoms with Crippen LogP contribution in [0.5, 0.6) is 0 Å². The highest BCUT2D eigenvalue weighted by Crippen LogP contribution is 2.02. The monoisotopic (exact) mass is 243 g/mol.